The predicted octanol–water partition coefficient (Wildman–Crippen LogP) is 1.53. The van der Waals surface area contributed by atoms with Crippen molar-refractivity contribution in [2.24, 2.45) is 0 Å². The highest BCUT2D eigenvalue weighted by atomic mass is 32.2. The largest absolute Gasteiger partial charge is 0.305 e. The fourth-order valence-corrected chi connectivity index (χ4v) is 2.09. The van der Waals surface area contributed by atoms with E-state index < -0.39 is 17.0 Å². The van der Waals surface area contributed by atoms with Gasteiger partial charge in [-0.1, -0.05) is 30.3 Å². The van der Waals surface area contributed by atoms with E-state index >= 15 is 0 Å². The Morgan fingerprint density at radius 1 is 1.38 bits per heavy atom. The molecule has 1 heterocycles. The van der Waals surface area contributed by atoms with Gasteiger partial charge < -0.3 is 0 Å². The summed E-state index contributed by atoms with van der Waals surface area (Å²) in [5, 5.41) is 0. The van der Waals surface area contributed by atoms with E-state index in [1.54, 1.807) is 0 Å². The summed E-state index contributed by atoms with van der Waals surface area (Å²) >= 11 is -1.59. The summed E-state index contributed by atoms with van der Waals surface area (Å²) in [6.45, 7) is 2.21. The van der Waals surface area contributed by atoms with Crippen LogP contribution in [-0.4, -0.2) is 10.8 Å². The maximum Gasteiger partial charge on any atom is 0.305 e. The molecule has 1 aliphatic heterocycles. The lowest BCUT2D eigenvalue weighted by molar-refractivity contribution is 0.119. The molecule has 0 bridgehead atoms. The normalized spacial score (nSPS) is 33.5. The molecule has 0 aromatic heterocycles. The summed E-state index contributed by atoms with van der Waals surface area (Å²) < 4.78 is 21.0. The van der Waals surface area contributed by atoms with Gasteiger partial charge in [0.2, 0.25) is 0 Å². The molecule has 2 rings (SSSR count). The Labute approximate surface area is 79.5 Å². The van der Waals surface area contributed by atoms with E-state index in [2.05, 4.69) is 0 Å². The lowest BCUT2D eigenvalue weighted by Gasteiger charge is -2.18. The lowest BCUT2D eigenvalue weighted by Crippen LogP contribution is -2.23. The molecular weight excluding hydrogens is 188 g/mol. The average Bonchev–Trinajstić information content (AvgIpc) is 2.49. The molecule has 1 aliphatic rings. The van der Waals surface area contributed by atoms with Crippen LogP contribution in [0.2, 0.25) is 0 Å². The van der Waals surface area contributed by atoms with E-state index in [0.717, 1.165) is 5.56 Å². The molecule has 0 aliphatic carbocycles. The van der Waals surface area contributed by atoms with Crippen LogP contribution in [0, 0.1) is 0 Å². The van der Waals surface area contributed by atoms with Gasteiger partial charge in [0.1, 0.15) is 12.2 Å². The summed E-state index contributed by atoms with van der Waals surface area (Å²) in [6.07, 6.45) is 0. The third kappa shape index (κ3) is 1.65. The third-order valence-corrected chi connectivity index (χ3v) is 2.88. The minimum atomic E-state index is -1.59. The zero-order chi connectivity index (χ0) is 9.31. The van der Waals surface area contributed by atoms with Gasteiger partial charge in [0, 0.05) is 0 Å². The fourth-order valence-electron chi connectivity index (χ4n) is 1.28. The minimum absolute atomic E-state index is 0.337. The number of hydrogen-bond donors (Lipinski definition) is 0. The molecule has 1 aromatic carbocycles. The Balaban J connectivity index is 2.31. The van der Waals surface area contributed by atoms with Crippen molar-refractivity contribution in [1.82, 2.24) is 0 Å². The van der Waals surface area contributed by atoms with Crippen LogP contribution in [0.4, 0.5) is 0 Å². The minimum Gasteiger partial charge on any atom is -0.265 e. The lowest BCUT2D eigenvalue weighted by atomic mass is 9.97. The molecule has 0 saturated carbocycles. The van der Waals surface area contributed by atoms with Crippen molar-refractivity contribution in [2.45, 2.75) is 12.5 Å². The van der Waals surface area contributed by atoms with Crippen molar-refractivity contribution in [3.8, 4) is 0 Å². The number of benzene rings is 1. The SMILES string of the molecule is C[C@]1(c2ccccc2)CO[S@@](=O)O1. The maximum absolute atomic E-state index is 10.9. The Kier molecular flexibility index (Phi) is 2.19. The van der Waals surface area contributed by atoms with Gasteiger partial charge >= 0.3 is 11.4 Å². The van der Waals surface area contributed by atoms with Gasteiger partial charge in [0.25, 0.3) is 0 Å². The zero-order valence-electron chi connectivity index (χ0n) is 7.23. The van der Waals surface area contributed by atoms with Crippen LogP contribution in [0.15, 0.2) is 30.3 Å². The van der Waals surface area contributed by atoms with E-state index in [-0.39, 0.29) is 0 Å². The van der Waals surface area contributed by atoms with E-state index in [0.29, 0.717) is 6.61 Å². The second kappa shape index (κ2) is 3.21. The van der Waals surface area contributed by atoms with Crippen molar-refractivity contribution >= 4 is 11.4 Å². The molecule has 0 spiro atoms. The number of rotatable bonds is 1. The average molecular weight is 198 g/mol. The first-order valence-corrected chi connectivity index (χ1v) is 5.01. The van der Waals surface area contributed by atoms with E-state index in [4.69, 9.17) is 8.37 Å². The van der Waals surface area contributed by atoms with Gasteiger partial charge in [-0.3, -0.25) is 8.37 Å². The van der Waals surface area contributed by atoms with Crippen LogP contribution in [0.1, 0.15) is 12.5 Å². The Hall–Kier alpha value is -0.710. The van der Waals surface area contributed by atoms with E-state index in [9.17, 15) is 4.21 Å². The van der Waals surface area contributed by atoms with Crippen molar-refractivity contribution in [2.75, 3.05) is 6.61 Å². The second-order valence-corrected chi connectivity index (χ2v) is 3.96. The van der Waals surface area contributed by atoms with Crippen molar-refractivity contribution in [3.63, 3.8) is 0 Å². The smallest absolute Gasteiger partial charge is 0.265 e. The van der Waals surface area contributed by atoms with Crippen molar-refractivity contribution in [1.29, 1.82) is 0 Å². The molecule has 3 nitrogen and oxygen atoms in total. The summed E-state index contributed by atoms with van der Waals surface area (Å²) in [4.78, 5) is 0. The van der Waals surface area contributed by atoms with E-state index in [1.165, 1.54) is 0 Å². The molecule has 2 atom stereocenters. The molecule has 0 N–H and O–H groups in total. The highest BCUT2D eigenvalue weighted by Crippen LogP contribution is 2.31. The molecule has 70 valence electrons. The highest BCUT2D eigenvalue weighted by molar-refractivity contribution is 7.75. The molecule has 0 unspecified atom stereocenters. The fraction of sp³-hybridized carbons (Fsp3) is 0.333. The van der Waals surface area contributed by atoms with Crippen LogP contribution in [0.3, 0.4) is 0 Å². The van der Waals surface area contributed by atoms with Gasteiger partial charge in [-0.15, -0.1) is 0 Å². The predicted molar refractivity (Wildman–Crippen MR) is 49.0 cm³/mol. The van der Waals surface area contributed by atoms with Crippen LogP contribution in [0.25, 0.3) is 0 Å². The molecule has 1 saturated heterocycles. The molecule has 1 fully saturated rings. The van der Waals surface area contributed by atoms with Crippen LogP contribution < -0.4 is 0 Å². The standard InChI is InChI=1S/C9H10O3S/c1-9(7-11-13(10)12-9)8-5-3-2-4-6-8/h2-6H,7H2,1H3/t9-,13-/m1/s1. The molecular formula is C9H10O3S. The van der Waals surface area contributed by atoms with Crippen molar-refractivity contribution in [3.05, 3.63) is 35.9 Å². The Bertz CT molecular complexity index is 325. The number of hydrogen-bond acceptors (Lipinski definition) is 3. The summed E-state index contributed by atoms with van der Waals surface area (Å²) in [6, 6.07) is 9.65. The van der Waals surface area contributed by atoms with E-state index in [1.807, 2.05) is 37.3 Å². The first kappa shape index (κ1) is 8.87. The summed E-state index contributed by atoms with van der Waals surface area (Å²) in [5.41, 5.74) is 0.424. The maximum atomic E-state index is 10.9. The van der Waals surface area contributed by atoms with Gasteiger partial charge in [-0.2, -0.15) is 4.21 Å². The molecule has 0 radical (unpaired) electrons. The quantitative estimate of drug-likeness (QED) is 0.686. The van der Waals surface area contributed by atoms with Crippen LogP contribution in [0.5, 0.6) is 0 Å². The molecule has 13 heavy (non-hydrogen) atoms. The Morgan fingerprint density at radius 3 is 2.62 bits per heavy atom. The first-order chi connectivity index (χ1) is 6.21. The first-order valence-electron chi connectivity index (χ1n) is 4.01. The molecule has 0 amide bonds. The van der Waals surface area contributed by atoms with Gasteiger partial charge in [-0.05, 0) is 12.5 Å². The third-order valence-electron chi connectivity index (χ3n) is 2.07. The van der Waals surface area contributed by atoms with Gasteiger partial charge in [0.05, 0.1) is 0 Å². The summed E-state index contributed by atoms with van der Waals surface area (Å²) in [7, 11) is 0. The topological polar surface area (TPSA) is 35.5 Å². The zero-order valence-corrected chi connectivity index (χ0v) is 8.04. The van der Waals surface area contributed by atoms with Gasteiger partial charge in [0.15, 0.2) is 0 Å². The Morgan fingerprint density at radius 2 is 2.08 bits per heavy atom. The highest BCUT2D eigenvalue weighted by Gasteiger charge is 2.37. The monoisotopic (exact) mass is 198 g/mol. The molecule has 1 aromatic rings. The van der Waals surface area contributed by atoms with Crippen LogP contribution in [-0.2, 0) is 25.3 Å². The van der Waals surface area contributed by atoms with Gasteiger partial charge in [-0.25, -0.2) is 0 Å². The summed E-state index contributed by atoms with van der Waals surface area (Å²) in [5.74, 6) is 0. The molecule has 4 heteroatoms. The van der Waals surface area contributed by atoms with Crippen LogP contribution >= 0.6 is 0 Å². The second-order valence-electron chi connectivity index (χ2n) is 3.15. The van der Waals surface area contributed by atoms with Crippen molar-refractivity contribution < 1.29 is 12.6 Å².